The second-order valence-electron chi connectivity index (χ2n) is 5.91. The number of halogens is 1. The number of aromatic amines is 2. The molecule has 0 aliphatic rings. The fourth-order valence-electron chi connectivity index (χ4n) is 2.79. The van der Waals surface area contributed by atoms with Crippen molar-refractivity contribution in [2.45, 2.75) is 6.42 Å². The Morgan fingerprint density at radius 3 is 2.86 bits per heavy atom. The molecule has 0 radical (unpaired) electrons. The lowest BCUT2D eigenvalue weighted by Gasteiger charge is -2.02. The molecule has 28 heavy (non-hydrogen) atoms. The molecule has 0 amide bonds. The van der Waals surface area contributed by atoms with Crippen LogP contribution in [0.1, 0.15) is 11.7 Å². The number of fused-ring (bicyclic) bond motifs is 1. The third kappa shape index (κ3) is 2.74. The van der Waals surface area contributed by atoms with E-state index in [-0.39, 0.29) is 29.4 Å². The molecule has 4 heterocycles. The zero-order chi connectivity index (χ0) is 19.1. The SMILES string of the molecule is O=c1[nH]c(Cc2nc(-c3[nH]ncc3F)no2)nc2ccc(-c3ccon3)cc12. The highest BCUT2D eigenvalue weighted by molar-refractivity contribution is 5.82. The Hall–Kier alpha value is -4.15. The molecule has 0 bridgehead atoms. The molecule has 5 aromatic rings. The van der Waals surface area contributed by atoms with E-state index in [0.29, 0.717) is 22.4 Å². The summed E-state index contributed by atoms with van der Waals surface area (Å²) in [4.78, 5) is 23.7. The summed E-state index contributed by atoms with van der Waals surface area (Å²) in [7, 11) is 0. The molecule has 11 heteroatoms. The summed E-state index contributed by atoms with van der Waals surface area (Å²) >= 11 is 0. The lowest BCUT2D eigenvalue weighted by atomic mass is 10.1. The van der Waals surface area contributed by atoms with Crippen LogP contribution in [-0.4, -0.2) is 35.5 Å². The number of nitrogens with zero attached hydrogens (tertiary/aromatic N) is 5. The summed E-state index contributed by atoms with van der Waals surface area (Å²) in [6.07, 6.45) is 2.55. The van der Waals surface area contributed by atoms with Gasteiger partial charge < -0.3 is 14.0 Å². The van der Waals surface area contributed by atoms with E-state index in [1.807, 2.05) is 0 Å². The van der Waals surface area contributed by atoms with E-state index in [4.69, 9.17) is 9.05 Å². The highest BCUT2D eigenvalue weighted by Crippen LogP contribution is 2.21. The standard InChI is InChI=1S/C17H10FN7O3/c18-10-7-19-23-15(10)16-22-14(28-25-16)6-13-20-12-2-1-8(11-3-4-27-24-11)5-9(12)17(26)21-13/h1-5,7H,6H2,(H,19,23)(H,20,21,26). The number of rotatable bonds is 4. The van der Waals surface area contributed by atoms with Crippen molar-refractivity contribution in [3.63, 3.8) is 0 Å². The van der Waals surface area contributed by atoms with Gasteiger partial charge in [-0.1, -0.05) is 16.4 Å². The molecule has 2 N–H and O–H groups in total. The van der Waals surface area contributed by atoms with Gasteiger partial charge in [-0.05, 0) is 12.1 Å². The van der Waals surface area contributed by atoms with E-state index in [1.54, 1.807) is 24.3 Å². The van der Waals surface area contributed by atoms with E-state index in [9.17, 15) is 9.18 Å². The minimum Gasteiger partial charge on any atom is -0.364 e. The van der Waals surface area contributed by atoms with E-state index >= 15 is 0 Å². The average Bonchev–Trinajstić information content (AvgIpc) is 3.43. The summed E-state index contributed by atoms with van der Waals surface area (Å²) in [5, 5.41) is 14.0. The third-order valence-corrected chi connectivity index (χ3v) is 4.09. The van der Waals surface area contributed by atoms with Gasteiger partial charge in [0, 0.05) is 11.6 Å². The van der Waals surface area contributed by atoms with Gasteiger partial charge >= 0.3 is 0 Å². The number of hydrogen-bond acceptors (Lipinski definition) is 8. The summed E-state index contributed by atoms with van der Waals surface area (Å²) in [6.45, 7) is 0. The minimum absolute atomic E-state index is 0.0235. The van der Waals surface area contributed by atoms with Gasteiger partial charge in [-0.2, -0.15) is 10.1 Å². The molecule has 0 spiro atoms. The molecule has 0 unspecified atom stereocenters. The Labute approximate surface area is 154 Å². The molecule has 0 aliphatic carbocycles. The van der Waals surface area contributed by atoms with Gasteiger partial charge in [0.25, 0.3) is 5.56 Å². The van der Waals surface area contributed by atoms with Crippen LogP contribution in [0.15, 0.2) is 50.6 Å². The Bertz CT molecular complexity index is 1340. The maximum Gasteiger partial charge on any atom is 0.258 e. The second kappa shape index (κ2) is 6.23. The van der Waals surface area contributed by atoms with Gasteiger partial charge in [0.2, 0.25) is 11.7 Å². The third-order valence-electron chi connectivity index (χ3n) is 4.09. The molecule has 0 atom stereocenters. The number of benzene rings is 1. The van der Waals surface area contributed by atoms with Gasteiger partial charge in [-0.25, -0.2) is 9.37 Å². The molecule has 4 aromatic heterocycles. The number of hydrogen-bond donors (Lipinski definition) is 2. The van der Waals surface area contributed by atoms with Crippen LogP contribution in [0.4, 0.5) is 4.39 Å². The molecule has 10 nitrogen and oxygen atoms in total. The van der Waals surface area contributed by atoms with Crippen molar-refractivity contribution in [2.75, 3.05) is 0 Å². The first-order valence-electron chi connectivity index (χ1n) is 8.13. The van der Waals surface area contributed by atoms with Crippen molar-refractivity contribution < 1.29 is 13.4 Å². The van der Waals surface area contributed by atoms with Crippen molar-refractivity contribution in [1.82, 2.24) is 35.5 Å². The number of H-pyrrole nitrogens is 2. The number of nitrogens with one attached hydrogen (secondary N) is 2. The van der Waals surface area contributed by atoms with Crippen LogP contribution in [0.2, 0.25) is 0 Å². The van der Waals surface area contributed by atoms with Crippen molar-refractivity contribution in [2.24, 2.45) is 0 Å². The zero-order valence-electron chi connectivity index (χ0n) is 14.0. The molecular weight excluding hydrogens is 369 g/mol. The van der Waals surface area contributed by atoms with E-state index in [1.165, 1.54) is 6.26 Å². The molecule has 0 aliphatic heterocycles. The Kier molecular flexibility index (Phi) is 3.57. The lowest BCUT2D eigenvalue weighted by molar-refractivity contribution is 0.383. The van der Waals surface area contributed by atoms with Gasteiger partial charge in [-0.3, -0.25) is 9.89 Å². The molecule has 5 rings (SSSR count). The molecule has 138 valence electrons. The smallest absolute Gasteiger partial charge is 0.258 e. The predicted molar refractivity (Wildman–Crippen MR) is 92.5 cm³/mol. The Morgan fingerprint density at radius 2 is 2.07 bits per heavy atom. The van der Waals surface area contributed by atoms with Gasteiger partial charge in [-0.15, -0.1) is 0 Å². The van der Waals surface area contributed by atoms with Crippen LogP contribution >= 0.6 is 0 Å². The normalized spacial score (nSPS) is 11.3. The van der Waals surface area contributed by atoms with Crippen molar-refractivity contribution >= 4 is 10.9 Å². The largest absolute Gasteiger partial charge is 0.364 e. The van der Waals surface area contributed by atoms with E-state index in [2.05, 4.69) is 35.5 Å². The summed E-state index contributed by atoms with van der Waals surface area (Å²) in [5.74, 6) is -0.0458. The Morgan fingerprint density at radius 1 is 1.14 bits per heavy atom. The van der Waals surface area contributed by atoms with Crippen molar-refractivity contribution in [1.29, 1.82) is 0 Å². The molecular formula is C17H10FN7O3. The first-order valence-corrected chi connectivity index (χ1v) is 8.13. The van der Waals surface area contributed by atoms with Gasteiger partial charge in [0.15, 0.2) is 5.82 Å². The second-order valence-corrected chi connectivity index (χ2v) is 5.91. The van der Waals surface area contributed by atoms with Crippen LogP contribution in [-0.2, 0) is 6.42 Å². The first kappa shape index (κ1) is 16.1. The Balaban J connectivity index is 1.47. The first-order chi connectivity index (χ1) is 13.7. The fraction of sp³-hybridized carbons (Fsp3) is 0.0588. The van der Waals surface area contributed by atoms with Crippen LogP contribution in [0.5, 0.6) is 0 Å². The highest BCUT2D eigenvalue weighted by atomic mass is 19.1. The lowest BCUT2D eigenvalue weighted by Crippen LogP contribution is -2.12. The van der Waals surface area contributed by atoms with Crippen LogP contribution in [0.25, 0.3) is 33.7 Å². The van der Waals surface area contributed by atoms with Gasteiger partial charge in [0.05, 0.1) is 23.5 Å². The van der Waals surface area contributed by atoms with Gasteiger partial charge in [0.1, 0.15) is 23.5 Å². The van der Waals surface area contributed by atoms with Crippen LogP contribution in [0, 0.1) is 5.82 Å². The zero-order valence-corrected chi connectivity index (χ0v) is 14.0. The maximum absolute atomic E-state index is 13.5. The van der Waals surface area contributed by atoms with Crippen molar-refractivity contribution in [3.05, 3.63) is 64.6 Å². The van der Waals surface area contributed by atoms with Crippen LogP contribution < -0.4 is 5.56 Å². The molecule has 0 saturated heterocycles. The maximum atomic E-state index is 13.5. The fourth-order valence-corrected chi connectivity index (χ4v) is 2.79. The van der Waals surface area contributed by atoms with E-state index in [0.717, 1.165) is 11.8 Å². The van der Waals surface area contributed by atoms with Crippen molar-refractivity contribution in [3.8, 4) is 22.8 Å². The topological polar surface area (TPSA) is 139 Å². The average molecular weight is 379 g/mol. The molecule has 1 aromatic carbocycles. The highest BCUT2D eigenvalue weighted by Gasteiger charge is 2.16. The summed E-state index contributed by atoms with van der Waals surface area (Å²) < 4.78 is 23.5. The predicted octanol–water partition coefficient (Wildman–Crippen LogP) is 2.08. The minimum atomic E-state index is -0.590. The molecule has 0 fully saturated rings. The molecule has 0 saturated carbocycles. The summed E-state index contributed by atoms with van der Waals surface area (Å²) in [6, 6.07) is 6.90. The van der Waals surface area contributed by atoms with Crippen LogP contribution in [0.3, 0.4) is 0 Å². The monoisotopic (exact) mass is 379 g/mol. The van der Waals surface area contributed by atoms with E-state index < -0.39 is 5.82 Å². The summed E-state index contributed by atoms with van der Waals surface area (Å²) in [5.41, 5.74) is 1.57. The number of aromatic nitrogens is 7. The quantitative estimate of drug-likeness (QED) is 0.484.